The van der Waals surface area contributed by atoms with Crippen LogP contribution in [0.4, 0.5) is 5.69 Å². The Morgan fingerprint density at radius 2 is 2.07 bits per heavy atom. The van der Waals surface area contributed by atoms with E-state index < -0.39 is 0 Å². The molecule has 84 valence electrons. The zero-order chi connectivity index (χ0) is 11.1. The predicted octanol–water partition coefficient (Wildman–Crippen LogP) is 2.73. The summed E-state index contributed by atoms with van der Waals surface area (Å²) in [6, 6.07) is 5.19. The fraction of sp³-hybridized carbons (Fsp3) is 0.455. The number of nitrogen functional groups attached to an aromatic ring is 1. The molecule has 0 saturated heterocycles. The van der Waals surface area contributed by atoms with Crippen LogP contribution in [0.3, 0.4) is 0 Å². The molecule has 0 amide bonds. The molecule has 0 heterocycles. The lowest BCUT2D eigenvalue weighted by atomic mass is 10.3. The van der Waals surface area contributed by atoms with Crippen LogP contribution in [0, 0.1) is 0 Å². The number of benzene rings is 1. The largest absolute Gasteiger partial charge is 0.490 e. The maximum absolute atomic E-state index is 5.92. The number of hydrogen-bond acceptors (Lipinski definition) is 3. The number of halogens is 1. The van der Waals surface area contributed by atoms with Crippen LogP contribution in [0.5, 0.6) is 5.75 Å². The van der Waals surface area contributed by atoms with Gasteiger partial charge < -0.3 is 15.2 Å². The summed E-state index contributed by atoms with van der Waals surface area (Å²) in [5.41, 5.74) is 6.19. The van der Waals surface area contributed by atoms with Gasteiger partial charge in [-0.1, -0.05) is 18.5 Å². The highest BCUT2D eigenvalue weighted by Gasteiger charge is 2.01. The number of nitrogens with two attached hydrogens (primary N) is 1. The first-order valence-corrected chi connectivity index (χ1v) is 5.37. The van der Waals surface area contributed by atoms with Gasteiger partial charge in [0.25, 0.3) is 0 Å². The van der Waals surface area contributed by atoms with E-state index in [9.17, 15) is 0 Å². The number of anilines is 1. The molecular weight excluding hydrogens is 214 g/mol. The van der Waals surface area contributed by atoms with Crippen LogP contribution in [-0.2, 0) is 4.74 Å². The second-order valence-electron chi connectivity index (χ2n) is 3.15. The van der Waals surface area contributed by atoms with Gasteiger partial charge in [0.2, 0.25) is 0 Å². The first-order chi connectivity index (χ1) is 7.24. The van der Waals surface area contributed by atoms with Gasteiger partial charge in [-0.25, -0.2) is 0 Å². The van der Waals surface area contributed by atoms with E-state index in [4.69, 9.17) is 26.8 Å². The van der Waals surface area contributed by atoms with Gasteiger partial charge in [-0.3, -0.25) is 0 Å². The number of rotatable bonds is 6. The molecule has 2 N–H and O–H groups in total. The Labute approximate surface area is 95.1 Å². The van der Waals surface area contributed by atoms with Crippen LogP contribution in [0.25, 0.3) is 0 Å². The number of ether oxygens (including phenoxy) is 2. The van der Waals surface area contributed by atoms with E-state index >= 15 is 0 Å². The summed E-state index contributed by atoms with van der Waals surface area (Å²) in [6.07, 6.45) is 1.02. The predicted molar refractivity (Wildman–Crippen MR) is 62.5 cm³/mol. The zero-order valence-corrected chi connectivity index (χ0v) is 9.59. The van der Waals surface area contributed by atoms with Crippen LogP contribution in [0.15, 0.2) is 18.2 Å². The second-order valence-corrected chi connectivity index (χ2v) is 3.56. The van der Waals surface area contributed by atoms with Gasteiger partial charge in [0, 0.05) is 12.3 Å². The van der Waals surface area contributed by atoms with Crippen molar-refractivity contribution in [2.45, 2.75) is 13.3 Å². The van der Waals surface area contributed by atoms with Crippen LogP contribution in [0.2, 0.25) is 5.02 Å². The second kappa shape index (κ2) is 6.53. The first-order valence-electron chi connectivity index (χ1n) is 4.99. The van der Waals surface area contributed by atoms with Crippen molar-refractivity contribution in [3.05, 3.63) is 23.2 Å². The Morgan fingerprint density at radius 1 is 1.27 bits per heavy atom. The van der Waals surface area contributed by atoms with Gasteiger partial charge in [0.05, 0.1) is 11.6 Å². The van der Waals surface area contributed by atoms with E-state index in [0.717, 1.165) is 13.0 Å². The van der Waals surface area contributed by atoms with Gasteiger partial charge in [0.15, 0.2) is 0 Å². The average Bonchev–Trinajstić information content (AvgIpc) is 2.20. The smallest absolute Gasteiger partial charge is 0.138 e. The van der Waals surface area contributed by atoms with Crippen molar-refractivity contribution in [3.63, 3.8) is 0 Å². The molecule has 0 unspecified atom stereocenters. The lowest BCUT2D eigenvalue weighted by Crippen LogP contribution is -2.07. The lowest BCUT2D eigenvalue weighted by Gasteiger charge is -2.08. The Kier molecular flexibility index (Phi) is 5.29. The fourth-order valence-electron chi connectivity index (χ4n) is 1.09. The molecule has 0 aliphatic carbocycles. The van der Waals surface area contributed by atoms with E-state index in [1.807, 2.05) is 0 Å². The molecular formula is C11H16ClNO2. The highest BCUT2D eigenvalue weighted by molar-refractivity contribution is 6.32. The molecule has 3 nitrogen and oxygen atoms in total. The third-order valence-electron chi connectivity index (χ3n) is 1.79. The maximum Gasteiger partial charge on any atom is 0.138 e. The van der Waals surface area contributed by atoms with Gasteiger partial charge in [0.1, 0.15) is 12.4 Å². The van der Waals surface area contributed by atoms with Crippen molar-refractivity contribution in [1.29, 1.82) is 0 Å². The van der Waals surface area contributed by atoms with Crippen molar-refractivity contribution in [1.82, 2.24) is 0 Å². The Morgan fingerprint density at radius 3 is 2.73 bits per heavy atom. The van der Waals surface area contributed by atoms with Crippen molar-refractivity contribution in [2.75, 3.05) is 25.6 Å². The Bertz CT molecular complexity index is 305. The van der Waals surface area contributed by atoms with Crippen molar-refractivity contribution >= 4 is 17.3 Å². The van der Waals surface area contributed by atoms with Crippen molar-refractivity contribution in [3.8, 4) is 5.75 Å². The molecule has 1 aromatic carbocycles. The fourth-order valence-corrected chi connectivity index (χ4v) is 1.33. The maximum atomic E-state index is 5.92. The molecule has 0 radical (unpaired) electrons. The molecule has 15 heavy (non-hydrogen) atoms. The molecule has 0 spiro atoms. The van der Waals surface area contributed by atoms with Crippen LogP contribution >= 0.6 is 11.6 Å². The molecule has 1 aromatic rings. The summed E-state index contributed by atoms with van der Waals surface area (Å²) >= 11 is 5.92. The molecule has 0 atom stereocenters. The van der Waals surface area contributed by atoms with Crippen molar-refractivity contribution in [2.24, 2.45) is 0 Å². The SMILES string of the molecule is CCCOCCOc1ccc(N)cc1Cl. The molecule has 0 aliphatic rings. The van der Waals surface area contributed by atoms with Gasteiger partial charge in [-0.05, 0) is 24.6 Å². The summed E-state index contributed by atoms with van der Waals surface area (Å²) < 4.78 is 10.7. The van der Waals surface area contributed by atoms with E-state index in [1.54, 1.807) is 18.2 Å². The van der Waals surface area contributed by atoms with Crippen LogP contribution in [0.1, 0.15) is 13.3 Å². The Balaban J connectivity index is 2.31. The highest BCUT2D eigenvalue weighted by Crippen LogP contribution is 2.26. The Hall–Kier alpha value is -0.930. The minimum atomic E-state index is 0.504. The molecule has 4 heteroatoms. The lowest BCUT2D eigenvalue weighted by molar-refractivity contribution is 0.101. The third-order valence-corrected chi connectivity index (χ3v) is 2.09. The first kappa shape index (κ1) is 12.1. The van der Waals surface area contributed by atoms with Gasteiger partial charge >= 0.3 is 0 Å². The molecule has 0 aliphatic heterocycles. The van der Waals surface area contributed by atoms with Crippen LogP contribution < -0.4 is 10.5 Å². The van der Waals surface area contributed by atoms with E-state index in [1.165, 1.54) is 0 Å². The standard InChI is InChI=1S/C11H16ClNO2/c1-2-5-14-6-7-15-11-4-3-9(13)8-10(11)12/h3-4,8H,2,5-7,13H2,1H3. The summed E-state index contributed by atoms with van der Waals surface area (Å²) in [7, 11) is 0. The van der Waals surface area contributed by atoms with E-state index in [-0.39, 0.29) is 0 Å². The zero-order valence-electron chi connectivity index (χ0n) is 8.83. The highest BCUT2D eigenvalue weighted by atomic mass is 35.5. The average molecular weight is 230 g/mol. The van der Waals surface area contributed by atoms with E-state index in [0.29, 0.717) is 29.7 Å². The minimum absolute atomic E-state index is 0.504. The number of hydrogen-bond donors (Lipinski definition) is 1. The summed E-state index contributed by atoms with van der Waals surface area (Å²) in [4.78, 5) is 0. The van der Waals surface area contributed by atoms with Gasteiger partial charge in [-0.2, -0.15) is 0 Å². The molecule has 0 aromatic heterocycles. The molecule has 0 bridgehead atoms. The van der Waals surface area contributed by atoms with Gasteiger partial charge in [-0.15, -0.1) is 0 Å². The topological polar surface area (TPSA) is 44.5 Å². The molecule has 1 rings (SSSR count). The van der Waals surface area contributed by atoms with Crippen LogP contribution in [-0.4, -0.2) is 19.8 Å². The summed E-state index contributed by atoms with van der Waals surface area (Å²) in [5.74, 6) is 0.644. The minimum Gasteiger partial charge on any atom is -0.490 e. The molecule has 0 saturated carbocycles. The van der Waals surface area contributed by atoms with Crippen molar-refractivity contribution < 1.29 is 9.47 Å². The quantitative estimate of drug-likeness (QED) is 0.603. The van der Waals surface area contributed by atoms with E-state index in [2.05, 4.69) is 6.92 Å². The molecule has 0 fully saturated rings. The summed E-state index contributed by atoms with van der Waals surface area (Å²) in [6.45, 7) is 3.91. The normalized spacial score (nSPS) is 10.3. The third kappa shape index (κ3) is 4.40. The summed E-state index contributed by atoms with van der Waals surface area (Å²) in [5, 5.41) is 0.533. The monoisotopic (exact) mass is 229 g/mol.